The van der Waals surface area contributed by atoms with Crippen LogP contribution in [-0.4, -0.2) is 71.3 Å². The molecule has 1 aliphatic heterocycles. The Hall–Kier alpha value is -4.71. The second-order valence-corrected chi connectivity index (χ2v) is 11.6. The number of aryl methyl sites for hydroxylation is 1. The minimum absolute atomic E-state index is 0.0482. The van der Waals surface area contributed by atoms with E-state index in [4.69, 9.17) is 29.1 Å². The normalized spacial score (nSPS) is 21.3. The lowest BCUT2D eigenvalue weighted by Crippen LogP contribution is -2.65. The second-order valence-electron chi connectivity index (χ2n) is 11.6. The van der Waals surface area contributed by atoms with Gasteiger partial charge in [0, 0.05) is 18.2 Å². The third-order valence-corrected chi connectivity index (χ3v) is 7.84. The average Bonchev–Trinajstić information content (AvgIpc) is 3.02. The summed E-state index contributed by atoms with van der Waals surface area (Å²) in [6.45, 7) is 4.85. The summed E-state index contributed by atoms with van der Waals surface area (Å²) in [7, 11) is 1.38. The fraction of sp³-hybridized carbons (Fsp3) is 0.333. The van der Waals surface area contributed by atoms with Gasteiger partial charge in [0.15, 0.2) is 11.4 Å². The molecule has 1 saturated heterocycles. The van der Waals surface area contributed by atoms with Crippen molar-refractivity contribution in [2.75, 3.05) is 12.4 Å². The first-order chi connectivity index (χ1) is 23.0. The summed E-state index contributed by atoms with van der Waals surface area (Å²) < 4.78 is 69.5. The van der Waals surface area contributed by atoms with E-state index in [1.54, 1.807) is 19.9 Å². The van der Waals surface area contributed by atoms with Crippen LogP contribution in [0.4, 0.5) is 18.9 Å². The predicted molar refractivity (Wildman–Crippen MR) is 167 cm³/mol. The number of amides is 1. The lowest BCUT2D eigenvalue weighted by atomic mass is 9.89. The van der Waals surface area contributed by atoms with E-state index < -0.39 is 71.7 Å². The molecule has 262 valence electrons. The van der Waals surface area contributed by atoms with Gasteiger partial charge < -0.3 is 48.7 Å². The molecule has 0 spiro atoms. The Bertz CT molecular complexity index is 1890. The summed E-state index contributed by atoms with van der Waals surface area (Å²) in [4.78, 5) is 26.2. The average molecular weight is 691 g/mol. The maximum absolute atomic E-state index is 13.2. The quantitative estimate of drug-likeness (QED) is 0.125. The molecule has 3 aromatic carbocycles. The Morgan fingerprint density at radius 1 is 1.08 bits per heavy atom. The Balaban J connectivity index is 1.38. The van der Waals surface area contributed by atoms with Crippen LogP contribution in [0.1, 0.15) is 29.8 Å². The molecular weight excluding hydrogens is 657 g/mol. The summed E-state index contributed by atoms with van der Waals surface area (Å²) >= 11 is 0. The van der Waals surface area contributed by atoms with Gasteiger partial charge in [-0.25, -0.2) is 4.79 Å². The van der Waals surface area contributed by atoms with E-state index in [0.29, 0.717) is 11.1 Å². The standard InChI is InChI=1S/C33H33F3N2O11/c1-15-21(45-30-24(40)26(47-31(37)43)27(44-4)32(2,3)49-30)13-12-20-23(39)22(29(42)46-25(15)20)38-28(41)18-7-5-6-17(14-18)16-8-10-19(11-9-16)48-33(34,35)36/h5-14,24,26-27,30-31,39-40,43H,37H2,1-4H3,(H,38,41)/t24-,26+,27-,30-,31?/m1/s1. The van der Waals surface area contributed by atoms with Crippen molar-refractivity contribution in [1.82, 2.24) is 0 Å². The maximum atomic E-state index is 13.2. The zero-order chi connectivity index (χ0) is 35.8. The van der Waals surface area contributed by atoms with E-state index in [9.17, 15) is 38.1 Å². The molecule has 0 aliphatic carbocycles. The van der Waals surface area contributed by atoms with Gasteiger partial charge in [-0.2, -0.15) is 0 Å². The number of aliphatic hydroxyl groups is 2. The van der Waals surface area contributed by atoms with E-state index in [-0.39, 0.29) is 27.8 Å². The second kappa shape index (κ2) is 13.7. The molecule has 1 fully saturated rings. The van der Waals surface area contributed by atoms with Crippen molar-refractivity contribution in [2.24, 2.45) is 5.73 Å². The van der Waals surface area contributed by atoms with Gasteiger partial charge in [0.2, 0.25) is 12.7 Å². The molecule has 1 aromatic heterocycles. The van der Waals surface area contributed by atoms with Gasteiger partial charge in [-0.05, 0) is 68.3 Å². The molecule has 5 rings (SSSR count). The minimum atomic E-state index is -4.84. The molecule has 49 heavy (non-hydrogen) atoms. The van der Waals surface area contributed by atoms with Gasteiger partial charge >= 0.3 is 12.0 Å². The number of hydrogen-bond donors (Lipinski definition) is 5. The largest absolute Gasteiger partial charge is 0.573 e. The predicted octanol–water partition coefficient (Wildman–Crippen LogP) is 4.13. The number of nitrogens with one attached hydrogen (secondary N) is 1. The molecule has 0 radical (unpaired) electrons. The number of fused-ring (bicyclic) bond motifs is 1. The number of carbonyl (C=O) groups is 1. The van der Waals surface area contributed by atoms with E-state index in [2.05, 4.69) is 10.1 Å². The molecule has 1 aliphatic rings. The van der Waals surface area contributed by atoms with E-state index in [1.807, 2.05) is 0 Å². The summed E-state index contributed by atoms with van der Waals surface area (Å²) in [6, 6.07) is 13.9. The van der Waals surface area contributed by atoms with Crippen molar-refractivity contribution in [3.05, 3.63) is 82.2 Å². The van der Waals surface area contributed by atoms with Crippen LogP contribution in [0, 0.1) is 6.92 Å². The highest BCUT2D eigenvalue weighted by molar-refractivity contribution is 6.07. The highest BCUT2D eigenvalue weighted by atomic mass is 19.4. The number of ether oxygens (including phenoxy) is 5. The van der Waals surface area contributed by atoms with E-state index in [1.165, 1.54) is 56.5 Å². The van der Waals surface area contributed by atoms with Crippen molar-refractivity contribution in [2.45, 2.75) is 63.8 Å². The third-order valence-electron chi connectivity index (χ3n) is 7.84. The fourth-order valence-electron chi connectivity index (χ4n) is 5.59. The third kappa shape index (κ3) is 7.64. The molecule has 0 bridgehead atoms. The van der Waals surface area contributed by atoms with Gasteiger partial charge in [0.25, 0.3) is 5.91 Å². The topological polar surface area (TPSA) is 192 Å². The molecule has 4 aromatic rings. The highest BCUT2D eigenvalue weighted by Crippen LogP contribution is 2.39. The lowest BCUT2D eigenvalue weighted by Gasteiger charge is -2.48. The van der Waals surface area contributed by atoms with Crippen LogP contribution < -0.4 is 26.1 Å². The van der Waals surface area contributed by atoms with Crippen LogP contribution in [0.25, 0.3) is 22.1 Å². The molecule has 0 saturated carbocycles. The molecule has 13 nitrogen and oxygen atoms in total. The first kappa shape index (κ1) is 35.6. The lowest BCUT2D eigenvalue weighted by molar-refractivity contribution is -0.329. The first-order valence-electron chi connectivity index (χ1n) is 14.7. The number of alkyl halides is 3. The summed E-state index contributed by atoms with van der Waals surface area (Å²) in [5.74, 6) is -1.68. The van der Waals surface area contributed by atoms with Crippen molar-refractivity contribution >= 4 is 22.6 Å². The van der Waals surface area contributed by atoms with Crippen LogP contribution >= 0.6 is 0 Å². The Labute approximate surface area is 276 Å². The molecule has 5 atom stereocenters. The van der Waals surface area contributed by atoms with Crippen LogP contribution in [0.5, 0.6) is 17.2 Å². The number of aliphatic hydroxyl groups excluding tert-OH is 2. The number of methoxy groups -OCH3 is 1. The number of aromatic hydroxyl groups is 1. The van der Waals surface area contributed by atoms with Gasteiger partial charge in [0.05, 0.1) is 11.0 Å². The van der Waals surface area contributed by atoms with Crippen LogP contribution in [0.15, 0.2) is 69.9 Å². The molecular formula is C33H33F3N2O11. The fourth-order valence-corrected chi connectivity index (χ4v) is 5.59. The SMILES string of the molecule is CO[C@@H]1[C@@H](OC(N)O)[C@@H](O)[C@H](Oc2ccc3c(O)c(NC(=O)c4cccc(-c5ccc(OC(F)(F)F)cc5)c4)c(=O)oc3c2C)OC1(C)C. The zero-order valence-corrected chi connectivity index (χ0v) is 26.5. The maximum Gasteiger partial charge on any atom is 0.573 e. The van der Waals surface area contributed by atoms with Crippen LogP contribution in [0.3, 0.4) is 0 Å². The van der Waals surface area contributed by atoms with Crippen molar-refractivity contribution < 1.29 is 61.4 Å². The van der Waals surface area contributed by atoms with Crippen molar-refractivity contribution in [3.63, 3.8) is 0 Å². The smallest absolute Gasteiger partial charge is 0.505 e. The Morgan fingerprint density at radius 2 is 1.78 bits per heavy atom. The minimum Gasteiger partial charge on any atom is -0.505 e. The van der Waals surface area contributed by atoms with E-state index >= 15 is 0 Å². The van der Waals surface area contributed by atoms with Crippen LogP contribution in [-0.2, 0) is 14.2 Å². The first-order valence-corrected chi connectivity index (χ1v) is 14.7. The van der Waals surface area contributed by atoms with Crippen LogP contribution in [0.2, 0.25) is 0 Å². The zero-order valence-electron chi connectivity index (χ0n) is 26.5. The van der Waals surface area contributed by atoms with E-state index in [0.717, 1.165) is 12.1 Å². The number of benzene rings is 3. The summed E-state index contributed by atoms with van der Waals surface area (Å²) in [6.07, 6.45) is -11.4. The molecule has 6 N–H and O–H groups in total. The highest BCUT2D eigenvalue weighted by Gasteiger charge is 2.52. The monoisotopic (exact) mass is 690 g/mol. The number of halogens is 3. The van der Waals surface area contributed by atoms with Gasteiger partial charge in [-0.3, -0.25) is 10.5 Å². The number of rotatable bonds is 9. The number of hydrogen-bond acceptors (Lipinski definition) is 12. The van der Waals surface area contributed by atoms with Crippen molar-refractivity contribution in [1.29, 1.82) is 0 Å². The summed E-state index contributed by atoms with van der Waals surface area (Å²) in [5, 5.41) is 34.1. The molecule has 1 amide bonds. The molecule has 16 heteroatoms. The van der Waals surface area contributed by atoms with Gasteiger partial charge in [-0.1, -0.05) is 24.3 Å². The molecule has 2 heterocycles. The van der Waals surface area contributed by atoms with Gasteiger partial charge in [-0.15, -0.1) is 13.2 Å². The number of anilines is 1. The van der Waals surface area contributed by atoms with Gasteiger partial charge in [0.1, 0.15) is 35.4 Å². The Kier molecular flexibility index (Phi) is 9.92. The summed E-state index contributed by atoms with van der Waals surface area (Å²) in [5.41, 5.74) is 3.87. The Morgan fingerprint density at radius 3 is 2.41 bits per heavy atom. The van der Waals surface area contributed by atoms with Crippen molar-refractivity contribution in [3.8, 4) is 28.4 Å². The number of nitrogens with two attached hydrogens (primary N) is 1. The molecule has 1 unspecified atom stereocenters. The number of carbonyl (C=O) groups excluding carboxylic acids is 1.